The molecular formula is C20H23FN2O2S. The first-order chi connectivity index (χ1) is 12.4. The molecule has 2 aliphatic heterocycles. The molecule has 1 unspecified atom stereocenters. The van der Waals surface area contributed by atoms with Crippen molar-refractivity contribution in [2.45, 2.75) is 35.1 Å². The van der Waals surface area contributed by atoms with Crippen molar-refractivity contribution < 1.29 is 12.8 Å². The summed E-state index contributed by atoms with van der Waals surface area (Å²) < 4.78 is 39.1. The van der Waals surface area contributed by atoms with Crippen molar-refractivity contribution in [3.63, 3.8) is 0 Å². The Labute approximate surface area is 153 Å². The minimum Gasteiger partial charge on any atom is -0.370 e. The Hall–Kier alpha value is -1.92. The zero-order valence-electron chi connectivity index (χ0n) is 14.9. The second kappa shape index (κ2) is 6.35. The van der Waals surface area contributed by atoms with Crippen LogP contribution in [0.25, 0.3) is 0 Å². The maximum absolute atomic E-state index is 13.2. The quantitative estimate of drug-likeness (QED) is 0.821. The minimum atomic E-state index is -3.66. The molecule has 0 radical (unpaired) electrons. The van der Waals surface area contributed by atoms with E-state index in [1.54, 1.807) is 6.07 Å². The third-order valence-electron chi connectivity index (χ3n) is 5.75. The van der Waals surface area contributed by atoms with Crippen LogP contribution in [0.1, 0.15) is 24.8 Å². The molecule has 26 heavy (non-hydrogen) atoms. The number of nitrogens with one attached hydrogen (secondary N) is 1. The molecule has 0 bridgehead atoms. The Kier molecular flexibility index (Phi) is 4.28. The van der Waals surface area contributed by atoms with Crippen molar-refractivity contribution in [3.05, 3.63) is 53.8 Å². The monoisotopic (exact) mass is 374 g/mol. The molecule has 0 aliphatic carbocycles. The van der Waals surface area contributed by atoms with Crippen LogP contribution in [0.15, 0.2) is 52.3 Å². The second-order valence-electron chi connectivity index (χ2n) is 7.36. The largest absolute Gasteiger partial charge is 0.370 e. The van der Waals surface area contributed by atoms with E-state index in [-0.39, 0.29) is 9.79 Å². The zero-order chi connectivity index (χ0) is 18.5. The van der Waals surface area contributed by atoms with Gasteiger partial charge >= 0.3 is 0 Å². The fraction of sp³-hybridized carbons (Fsp3) is 0.400. The summed E-state index contributed by atoms with van der Waals surface area (Å²) in [5.41, 5.74) is 2.23. The molecule has 6 heteroatoms. The average molecular weight is 374 g/mol. The molecule has 2 aromatic rings. The van der Waals surface area contributed by atoms with Crippen LogP contribution >= 0.6 is 0 Å². The van der Waals surface area contributed by atoms with Gasteiger partial charge in [0.1, 0.15) is 5.82 Å². The SMILES string of the molecule is CC1CNCC[C@@H]2c3cc(S(=O)(=O)c4ccc(F)cc4)ccc3N(C)[C@@H]12. The van der Waals surface area contributed by atoms with Crippen molar-refractivity contribution in [2.75, 3.05) is 25.0 Å². The highest BCUT2D eigenvalue weighted by atomic mass is 32.2. The van der Waals surface area contributed by atoms with Gasteiger partial charge in [-0.15, -0.1) is 0 Å². The number of fused-ring (bicyclic) bond motifs is 3. The van der Waals surface area contributed by atoms with E-state index in [0.717, 1.165) is 30.8 Å². The number of likely N-dealkylation sites (N-methyl/N-ethyl adjacent to an activating group) is 1. The van der Waals surface area contributed by atoms with Gasteiger partial charge in [0.25, 0.3) is 0 Å². The Balaban J connectivity index is 1.78. The van der Waals surface area contributed by atoms with Crippen LogP contribution in [0.4, 0.5) is 10.1 Å². The zero-order valence-corrected chi connectivity index (χ0v) is 15.8. The lowest BCUT2D eigenvalue weighted by molar-refractivity contribution is 0.417. The summed E-state index contributed by atoms with van der Waals surface area (Å²) in [5, 5.41) is 3.47. The van der Waals surface area contributed by atoms with Gasteiger partial charge in [-0.2, -0.15) is 0 Å². The van der Waals surface area contributed by atoms with Crippen molar-refractivity contribution in [2.24, 2.45) is 5.92 Å². The first-order valence-electron chi connectivity index (χ1n) is 8.98. The van der Waals surface area contributed by atoms with Gasteiger partial charge in [0.15, 0.2) is 0 Å². The van der Waals surface area contributed by atoms with Crippen molar-refractivity contribution >= 4 is 15.5 Å². The van der Waals surface area contributed by atoms with Crippen LogP contribution in [-0.2, 0) is 9.84 Å². The first-order valence-corrected chi connectivity index (χ1v) is 10.5. The predicted octanol–water partition coefficient (Wildman–Crippen LogP) is 3.19. The average Bonchev–Trinajstić information content (AvgIpc) is 2.76. The summed E-state index contributed by atoms with van der Waals surface area (Å²) in [6.45, 7) is 4.16. The summed E-state index contributed by atoms with van der Waals surface area (Å²) in [5.74, 6) is 0.364. The molecule has 138 valence electrons. The molecule has 2 aliphatic rings. The van der Waals surface area contributed by atoms with E-state index in [0.29, 0.717) is 17.9 Å². The van der Waals surface area contributed by atoms with Gasteiger partial charge in [-0.05, 0) is 73.5 Å². The maximum atomic E-state index is 13.2. The standard InChI is InChI=1S/C20H23FN2O2S/c1-13-12-22-10-9-17-18-11-16(7-8-19(18)23(2)20(13)17)26(24,25)15-5-3-14(21)4-6-15/h3-8,11,13,17,20,22H,9-10,12H2,1-2H3/t13?,17-,20+/m1/s1. The van der Waals surface area contributed by atoms with Crippen LogP contribution in [0.3, 0.4) is 0 Å². The van der Waals surface area contributed by atoms with Crippen molar-refractivity contribution in [1.82, 2.24) is 5.32 Å². The molecule has 1 fully saturated rings. The Morgan fingerprint density at radius 2 is 1.81 bits per heavy atom. The fourth-order valence-corrected chi connectivity index (χ4v) is 5.79. The number of rotatable bonds is 2. The Morgan fingerprint density at radius 1 is 1.12 bits per heavy atom. The molecule has 1 saturated heterocycles. The van der Waals surface area contributed by atoms with Crippen LogP contribution in [0.5, 0.6) is 0 Å². The van der Waals surface area contributed by atoms with E-state index in [1.165, 1.54) is 24.3 Å². The molecule has 4 rings (SSSR count). The molecule has 2 aromatic carbocycles. The third kappa shape index (κ3) is 2.72. The number of hydrogen-bond donors (Lipinski definition) is 1. The van der Waals surface area contributed by atoms with Crippen LogP contribution in [0, 0.1) is 11.7 Å². The van der Waals surface area contributed by atoms with Gasteiger partial charge in [-0.3, -0.25) is 0 Å². The molecule has 0 spiro atoms. The lowest BCUT2D eigenvalue weighted by Gasteiger charge is -2.30. The van der Waals surface area contributed by atoms with Gasteiger partial charge < -0.3 is 10.2 Å². The molecule has 3 atom stereocenters. The lowest BCUT2D eigenvalue weighted by atomic mass is 9.86. The minimum absolute atomic E-state index is 0.123. The lowest BCUT2D eigenvalue weighted by Crippen LogP contribution is -2.38. The Morgan fingerprint density at radius 3 is 2.54 bits per heavy atom. The van der Waals surface area contributed by atoms with E-state index in [1.807, 2.05) is 12.1 Å². The second-order valence-corrected chi connectivity index (χ2v) is 9.31. The van der Waals surface area contributed by atoms with E-state index >= 15 is 0 Å². The summed E-state index contributed by atoms with van der Waals surface area (Å²) in [6.07, 6.45) is 0.992. The molecule has 0 amide bonds. The number of benzene rings is 2. The molecule has 2 heterocycles. The molecular weight excluding hydrogens is 351 g/mol. The van der Waals surface area contributed by atoms with E-state index < -0.39 is 15.7 Å². The van der Waals surface area contributed by atoms with E-state index in [2.05, 4.69) is 24.2 Å². The van der Waals surface area contributed by atoms with Crippen molar-refractivity contribution in [1.29, 1.82) is 0 Å². The Bertz CT molecular complexity index is 927. The predicted molar refractivity (Wildman–Crippen MR) is 99.9 cm³/mol. The van der Waals surface area contributed by atoms with Gasteiger partial charge in [0, 0.05) is 24.7 Å². The van der Waals surface area contributed by atoms with Crippen molar-refractivity contribution in [3.8, 4) is 0 Å². The number of sulfone groups is 1. The number of hydrogen-bond acceptors (Lipinski definition) is 4. The summed E-state index contributed by atoms with van der Waals surface area (Å²) in [7, 11) is -1.56. The highest BCUT2D eigenvalue weighted by Gasteiger charge is 2.41. The normalized spacial score (nSPS) is 25.5. The summed E-state index contributed by atoms with van der Waals surface area (Å²) in [4.78, 5) is 2.70. The van der Waals surface area contributed by atoms with E-state index in [9.17, 15) is 12.8 Å². The van der Waals surface area contributed by atoms with E-state index in [4.69, 9.17) is 0 Å². The summed E-state index contributed by atoms with van der Waals surface area (Å²) >= 11 is 0. The molecule has 1 N–H and O–H groups in total. The fourth-order valence-electron chi connectivity index (χ4n) is 4.49. The van der Waals surface area contributed by atoms with Crippen LogP contribution < -0.4 is 10.2 Å². The maximum Gasteiger partial charge on any atom is 0.206 e. The van der Waals surface area contributed by atoms with Gasteiger partial charge in [0.05, 0.1) is 9.79 Å². The smallest absolute Gasteiger partial charge is 0.206 e. The topological polar surface area (TPSA) is 49.4 Å². The van der Waals surface area contributed by atoms with Crippen LogP contribution in [0.2, 0.25) is 0 Å². The molecule has 4 nitrogen and oxygen atoms in total. The third-order valence-corrected chi connectivity index (χ3v) is 7.52. The van der Waals surface area contributed by atoms with Gasteiger partial charge in [-0.25, -0.2) is 12.8 Å². The highest BCUT2D eigenvalue weighted by Crippen LogP contribution is 2.46. The molecule has 0 saturated carbocycles. The molecule has 0 aromatic heterocycles. The summed E-state index contributed by atoms with van der Waals surface area (Å²) in [6, 6.07) is 10.8. The number of nitrogens with zero attached hydrogens (tertiary/aromatic N) is 1. The first kappa shape index (κ1) is 17.5. The highest BCUT2D eigenvalue weighted by molar-refractivity contribution is 7.91. The number of halogens is 1. The van der Waals surface area contributed by atoms with Gasteiger partial charge in [0.2, 0.25) is 9.84 Å². The van der Waals surface area contributed by atoms with Gasteiger partial charge in [-0.1, -0.05) is 6.92 Å². The number of anilines is 1. The van der Waals surface area contributed by atoms with Crippen LogP contribution in [-0.4, -0.2) is 34.6 Å².